The third kappa shape index (κ3) is 6.50. The third-order valence-electron chi connectivity index (χ3n) is 2.84. The van der Waals surface area contributed by atoms with E-state index in [0.717, 1.165) is 5.56 Å². The maximum Gasteiger partial charge on any atom is 0.333 e. The molecule has 7 heteroatoms. The number of hydroxylamine groups is 1. The van der Waals surface area contributed by atoms with Gasteiger partial charge in [-0.1, -0.05) is 24.3 Å². The number of carbonyl (C=O) groups is 2. The van der Waals surface area contributed by atoms with Crippen LogP contribution in [-0.4, -0.2) is 48.0 Å². The fourth-order valence-corrected chi connectivity index (χ4v) is 1.59. The van der Waals surface area contributed by atoms with Crippen LogP contribution in [0, 0.1) is 6.92 Å². The lowest BCUT2D eigenvalue weighted by Gasteiger charge is -2.24. The Balaban J connectivity index is 2.72. The normalized spacial score (nSPS) is 11.6. The predicted octanol–water partition coefficient (Wildman–Crippen LogP) is 1.30. The van der Waals surface area contributed by atoms with Crippen molar-refractivity contribution in [2.75, 3.05) is 24.8 Å². The van der Waals surface area contributed by atoms with Crippen LogP contribution in [0.25, 0.3) is 0 Å². The van der Waals surface area contributed by atoms with Crippen molar-refractivity contribution in [2.45, 2.75) is 20.0 Å². The lowest BCUT2D eigenvalue weighted by atomic mass is 10.2. The molecule has 0 aromatic heterocycles. The highest BCUT2D eigenvalue weighted by molar-refractivity contribution is 5.87. The summed E-state index contributed by atoms with van der Waals surface area (Å²) in [4.78, 5) is 27.8. The van der Waals surface area contributed by atoms with Crippen LogP contribution in [0.3, 0.4) is 0 Å². The summed E-state index contributed by atoms with van der Waals surface area (Å²) in [5.74, 6) is -1.72. The average Bonchev–Trinajstić information content (AvgIpc) is 2.50. The second-order valence-electron chi connectivity index (χ2n) is 5.05. The van der Waals surface area contributed by atoms with Gasteiger partial charge in [0.1, 0.15) is 13.2 Å². The number of hydrogen-bond acceptors (Lipinski definition) is 6. The maximum absolute atomic E-state index is 11.4. The molecule has 0 aliphatic carbocycles. The Bertz CT molecular complexity index is 554. The molecule has 0 radical (unpaired) electrons. The first-order valence-electron chi connectivity index (χ1n) is 6.99. The van der Waals surface area contributed by atoms with Gasteiger partial charge in [0.05, 0.1) is 12.3 Å². The Hall–Kier alpha value is -2.38. The first kappa shape index (κ1) is 18.7. The number of ether oxygens (including phenoxy) is 1. The summed E-state index contributed by atoms with van der Waals surface area (Å²) in [6.45, 7) is 5.81. The zero-order valence-corrected chi connectivity index (χ0v) is 13.2. The summed E-state index contributed by atoms with van der Waals surface area (Å²) in [7, 11) is 0. The molecule has 0 heterocycles. The van der Waals surface area contributed by atoms with Crippen LogP contribution in [0.2, 0.25) is 0 Å². The second-order valence-corrected chi connectivity index (χ2v) is 5.05. The Morgan fingerprint density at radius 2 is 1.91 bits per heavy atom. The van der Waals surface area contributed by atoms with E-state index in [1.54, 1.807) is 12.1 Å². The Labute approximate surface area is 134 Å². The zero-order valence-electron chi connectivity index (χ0n) is 13.2. The first-order valence-corrected chi connectivity index (χ1v) is 6.99. The number of nitrogens with zero attached hydrogens (tertiary/aromatic N) is 1. The number of anilines is 1. The van der Waals surface area contributed by atoms with Crippen LogP contribution < -0.4 is 5.06 Å². The first-order chi connectivity index (χ1) is 10.8. The van der Waals surface area contributed by atoms with Crippen molar-refractivity contribution in [1.82, 2.24) is 0 Å². The smallest absolute Gasteiger partial charge is 0.333 e. The standard InChI is InChI=1S/C16H21NO6/c1-11(2)16(21)23-14(9-18)10-22-17(8-15(19)20)13-6-4-12(3)5-7-13/h4-7,14,18H,1,8-10H2,2-3H3,(H,19,20). The van der Waals surface area contributed by atoms with E-state index in [2.05, 4.69) is 6.58 Å². The largest absolute Gasteiger partial charge is 0.480 e. The molecular formula is C16H21NO6. The molecule has 0 spiro atoms. The molecule has 1 atom stereocenters. The van der Waals surface area contributed by atoms with Crippen molar-refractivity contribution in [2.24, 2.45) is 0 Å². The van der Waals surface area contributed by atoms with Gasteiger partial charge in [0.25, 0.3) is 0 Å². The molecule has 7 nitrogen and oxygen atoms in total. The van der Waals surface area contributed by atoms with Crippen molar-refractivity contribution in [3.05, 3.63) is 42.0 Å². The number of aliphatic hydroxyl groups is 1. The van der Waals surface area contributed by atoms with Gasteiger partial charge in [-0.05, 0) is 26.0 Å². The molecule has 126 valence electrons. The number of carboxylic acids is 1. The molecular weight excluding hydrogens is 302 g/mol. The van der Waals surface area contributed by atoms with Gasteiger partial charge in [-0.3, -0.25) is 9.63 Å². The molecule has 0 aliphatic heterocycles. The predicted molar refractivity (Wildman–Crippen MR) is 83.9 cm³/mol. The van der Waals surface area contributed by atoms with Crippen LogP contribution in [0.1, 0.15) is 12.5 Å². The minimum absolute atomic E-state index is 0.184. The zero-order chi connectivity index (χ0) is 17.4. The van der Waals surface area contributed by atoms with Crippen LogP contribution in [0.5, 0.6) is 0 Å². The summed E-state index contributed by atoms with van der Waals surface area (Å²) in [5.41, 5.74) is 1.76. The molecule has 1 rings (SSSR count). The number of hydrogen-bond donors (Lipinski definition) is 2. The van der Waals surface area contributed by atoms with E-state index in [1.807, 2.05) is 19.1 Å². The highest BCUT2D eigenvalue weighted by Crippen LogP contribution is 2.16. The number of esters is 1. The average molecular weight is 323 g/mol. The minimum atomic E-state index is -1.08. The quantitative estimate of drug-likeness (QED) is 0.401. The molecule has 2 N–H and O–H groups in total. The fraction of sp³-hybridized carbons (Fsp3) is 0.375. The lowest BCUT2D eigenvalue weighted by Crippen LogP contribution is -2.36. The van der Waals surface area contributed by atoms with Crippen LogP contribution in [-0.2, 0) is 19.2 Å². The number of benzene rings is 1. The number of carbonyl (C=O) groups excluding carboxylic acids is 1. The highest BCUT2D eigenvalue weighted by atomic mass is 16.7. The number of aryl methyl sites for hydroxylation is 1. The van der Waals surface area contributed by atoms with Gasteiger partial charge in [-0.15, -0.1) is 0 Å². The van der Waals surface area contributed by atoms with Gasteiger partial charge in [0, 0.05) is 5.57 Å². The van der Waals surface area contributed by atoms with Gasteiger partial charge in [0.2, 0.25) is 0 Å². The Kier molecular flexibility index (Phi) is 7.24. The van der Waals surface area contributed by atoms with Crippen LogP contribution in [0.15, 0.2) is 36.4 Å². The maximum atomic E-state index is 11.4. The fourth-order valence-electron chi connectivity index (χ4n) is 1.59. The number of aliphatic hydroxyl groups excluding tert-OH is 1. The van der Waals surface area contributed by atoms with E-state index in [4.69, 9.17) is 14.7 Å². The molecule has 1 unspecified atom stereocenters. The van der Waals surface area contributed by atoms with E-state index in [-0.39, 0.29) is 12.2 Å². The van der Waals surface area contributed by atoms with Crippen molar-refractivity contribution >= 4 is 17.6 Å². The van der Waals surface area contributed by atoms with Crippen molar-refractivity contribution in [3.63, 3.8) is 0 Å². The SMILES string of the molecule is C=C(C)C(=O)OC(CO)CON(CC(=O)O)c1ccc(C)cc1. The number of carboxylic acid groups (broad SMARTS) is 1. The van der Waals surface area contributed by atoms with E-state index in [9.17, 15) is 14.7 Å². The molecule has 0 amide bonds. The highest BCUT2D eigenvalue weighted by Gasteiger charge is 2.18. The molecule has 0 saturated heterocycles. The van der Waals surface area contributed by atoms with Crippen molar-refractivity contribution < 1.29 is 29.4 Å². The summed E-state index contributed by atoms with van der Waals surface area (Å²) < 4.78 is 4.98. The summed E-state index contributed by atoms with van der Waals surface area (Å²) in [6, 6.07) is 7.06. The van der Waals surface area contributed by atoms with E-state index < -0.39 is 31.2 Å². The van der Waals surface area contributed by atoms with E-state index >= 15 is 0 Å². The molecule has 0 saturated carbocycles. The van der Waals surface area contributed by atoms with E-state index in [0.29, 0.717) is 5.69 Å². The Morgan fingerprint density at radius 1 is 1.30 bits per heavy atom. The van der Waals surface area contributed by atoms with Gasteiger partial charge < -0.3 is 14.9 Å². The van der Waals surface area contributed by atoms with Gasteiger partial charge in [-0.25, -0.2) is 9.86 Å². The summed E-state index contributed by atoms with van der Waals surface area (Å²) in [5, 5.41) is 19.4. The molecule has 23 heavy (non-hydrogen) atoms. The lowest BCUT2D eigenvalue weighted by molar-refractivity contribution is -0.151. The second kappa shape index (κ2) is 8.92. The monoisotopic (exact) mass is 323 g/mol. The minimum Gasteiger partial charge on any atom is -0.480 e. The van der Waals surface area contributed by atoms with Crippen LogP contribution >= 0.6 is 0 Å². The summed E-state index contributed by atoms with van der Waals surface area (Å²) in [6.07, 6.45) is -0.916. The summed E-state index contributed by atoms with van der Waals surface area (Å²) >= 11 is 0. The topological polar surface area (TPSA) is 96.3 Å². The number of aliphatic carboxylic acids is 1. The van der Waals surface area contributed by atoms with Crippen LogP contribution in [0.4, 0.5) is 5.69 Å². The molecule has 1 aromatic carbocycles. The molecule has 1 aromatic rings. The van der Waals surface area contributed by atoms with Gasteiger partial charge in [0.15, 0.2) is 6.10 Å². The number of rotatable bonds is 9. The van der Waals surface area contributed by atoms with Crippen molar-refractivity contribution in [3.8, 4) is 0 Å². The molecule has 0 aliphatic rings. The molecule has 0 fully saturated rings. The third-order valence-corrected chi connectivity index (χ3v) is 2.84. The van der Waals surface area contributed by atoms with Gasteiger partial charge in [-0.2, -0.15) is 0 Å². The van der Waals surface area contributed by atoms with E-state index in [1.165, 1.54) is 12.0 Å². The Morgan fingerprint density at radius 3 is 2.39 bits per heavy atom. The van der Waals surface area contributed by atoms with Crippen molar-refractivity contribution in [1.29, 1.82) is 0 Å². The van der Waals surface area contributed by atoms with Gasteiger partial charge >= 0.3 is 11.9 Å². The molecule has 0 bridgehead atoms.